The van der Waals surface area contributed by atoms with Crippen LogP contribution in [0.15, 0.2) is 0 Å². The third kappa shape index (κ3) is 6.88. The largest absolute Gasteiger partial charge is 0.396 e. The molecule has 0 saturated carbocycles. The number of aliphatic hydroxyl groups excluding tert-OH is 1. The van der Waals surface area contributed by atoms with E-state index < -0.39 is 0 Å². The van der Waals surface area contributed by atoms with Gasteiger partial charge in [-0.3, -0.25) is 0 Å². The summed E-state index contributed by atoms with van der Waals surface area (Å²) in [5.74, 6) is 0. The van der Waals surface area contributed by atoms with Crippen LogP contribution in [-0.2, 0) is 4.74 Å². The molecular weight excluding hydrogens is 190 g/mol. The van der Waals surface area contributed by atoms with E-state index >= 15 is 0 Å². The van der Waals surface area contributed by atoms with Gasteiger partial charge < -0.3 is 15.2 Å². The lowest BCUT2D eigenvalue weighted by molar-refractivity contribution is 0.00741. The summed E-state index contributed by atoms with van der Waals surface area (Å²) in [7, 11) is 1.74. The normalized spacial score (nSPS) is 15.4. The molecule has 0 fully saturated rings. The molecule has 1 atom stereocenters. The first-order valence-corrected chi connectivity index (χ1v) is 5.62. The fraction of sp³-hybridized carbons (Fsp3) is 1.00. The van der Waals surface area contributed by atoms with Crippen molar-refractivity contribution >= 4 is 0 Å². The summed E-state index contributed by atoms with van der Waals surface area (Å²) >= 11 is 0. The molecule has 15 heavy (non-hydrogen) atoms. The van der Waals surface area contributed by atoms with Gasteiger partial charge in [0.2, 0.25) is 0 Å². The second-order valence-electron chi connectivity index (χ2n) is 5.77. The third-order valence-corrected chi connectivity index (χ3v) is 2.71. The van der Waals surface area contributed by atoms with E-state index in [4.69, 9.17) is 9.84 Å². The average molecular weight is 217 g/mol. The molecule has 0 aliphatic rings. The second-order valence-corrected chi connectivity index (χ2v) is 5.77. The standard InChI is InChI=1S/C12H27NO2/c1-10(7-12(4,5)15-6)13-8-11(2,3)9-14/h10,13-14H,7-9H2,1-6H3. The van der Waals surface area contributed by atoms with Gasteiger partial charge in [-0.1, -0.05) is 13.8 Å². The molecule has 0 aromatic rings. The maximum absolute atomic E-state index is 9.12. The van der Waals surface area contributed by atoms with Crippen molar-refractivity contribution in [2.75, 3.05) is 20.3 Å². The molecule has 92 valence electrons. The number of hydrogen-bond donors (Lipinski definition) is 2. The highest BCUT2D eigenvalue weighted by molar-refractivity contribution is 4.78. The van der Waals surface area contributed by atoms with E-state index in [9.17, 15) is 0 Å². The van der Waals surface area contributed by atoms with Gasteiger partial charge in [-0.15, -0.1) is 0 Å². The quantitative estimate of drug-likeness (QED) is 0.683. The topological polar surface area (TPSA) is 41.5 Å². The van der Waals surface area contributed by atoms with Crippen LogP contribution < -0.4 is 5.32 Å². The van der Waals surface area contributed by atoms with Crippen LogP contribution in [0.1, 0.15) is 41.0 Å². The minimum atomic E-state index is -0.0875. The Kier molecular flexibility index (Phi) is 5.78. The van der Waals surface area contributed by atoms with Crippen LogP contribution in [-0.4, -0.2) is 37.0 Å². The zero-order valence-corrected chi connectivity index (χ0v) is 11.1. The summed E-state index contributed by atoms with van der Waals surface area (Å²) in [6, 6.07) is 0.394. The Balaban J connectivity index is 3.90. The van der Waals surface area contributed by atoms with Crippen LogP contribution in [0.4, 0.5) is 0 Å². The molecule has 0 aliphatic carbocycles. The van der Waals surface area contributed by atoms with Gasteiger partial charge in [-0.2, -0.15) is 0 Å². The lowest BCUT2D eigenvalue weighted by atomic mass is 9.93. The van der Waals surface area contributed by atoms with Crippen molar-refractivity contribution in [1.29, 1.82) is 0 Å². The first-order chi connectivity index (χ1) is 6.72. The van der Waals surface area contributed by atoms with Gasteiger partial charge in [0.05, 0.1) is 5.60 Å². The maximum Gasteiger partial charge on any atom is 0.0637 e. The second kappa shape index (κ2) is 5.83. The zero-order valence-electron chi connectivity index (χ0n) is 11.1. The van der Waals surface area contributed by atoms with Crippen molar-refractivity contribution < 1.29 is 9.84 Å². The minimum absolute atomic E-state index is 0.0501. The molecule has 0 spiro atoms. The molecule has 0 radical (unpaired) electrons. The summed E-state index contributed by atoms with van der Waals surface area (Å²) in [5, 5.41) is 12.5. The lowest BCUT2D eigenvalue weighted by Crippen LogP contribution is -2.41. The van der Waals surface area contributed by atoms with Crippen molar-refractivity contribution in [1.82, 2.24) is 5.32 Å². The molecule has 0 aliphatic heterocycles. The number of rotatable bonds is 7. The van der Waals surface area contributed by atoms with Gasteiger partial charge in [0.15, 0.2) is 0 Å². The highest BCUT2D eigenvalue weighted by Crippen LogP contribution is 2.17. The molecule has 2 N–H and O–H groups in total. The monoisotopic (exact) mass is 217 g/mol. The molecule has 0 aromatic heterocycles. The van der Waals surface area contributed by atoms with Gasteiger partial charge in [-0.25, -0.2) is 0 Å². The van der Waals surface area contributed by atoms with Crippen LogP contribution in [0, 0.1) is 5.41 Å². The van der Waals surface area contributed by atoms with Crippen LogP contribution in [0.2, 0.25) is 0 Å². The Morgan fingerprint density at radius 1 is 1.27 bits per heavy atom. The molecule has 0 rings (SSSR count). The Morgan fingerprint density at radius 3 is 2.20 bits per heavy atom. The average Bonchev–Trinajstić information content (AvgIpc) is 2.15. The number of ether oxygens (including phenoxy) is 1. The Bertz CT molecular complexity index is 178. The predicted octanol–water partition coefficient (Wildman–Crippen LogP) is 1.80. The number of hydrogen-bond acceptors (Lipinski definition) is 3. The number of aliphatic hydroxyl groups is 1. The molecule has 0 aromatic carbocycles. The SMILES string of the molecule is COC(C)(C)CC(C)NCC(C)(C)CO. The number of nitrogens with one attached hydrogen (secondary N) is 1. The molecule has 0 saturated heterocycles. The maximum atomic E-state index is 9.12. The predicted molar refractivity (Wildman–Crippen MR) is 64.0 cm³/mol. The Labute approximate surface area is 94.2 Å². The fourth-order valence-electron chi connectivity index (χ4n) is 1.40. The van der Waals surface area contributed by atoms with Gasteiger partial charge in [0.25, 0.3) is 0 Å². The van der Waals surface area contributed by atoms with Crippen molar-refractivity contribution in [3.05, 3.63) is 0 Å². The van der Waals surface area contributed by atoms with Gasteiger partial charge >= 0.3 is 0 Å². The van der Waals surface area contributed by atoms with E-state index in [1.54, 1.807) is 7.11 Å². The molecule has 0 bridgehead atoms. The van der Waals surface area contributed by atoms with Gasteiger partial charge in [0.1, 0.15) is 0 Å². The molecule has 0 heterocycles. The summed E-state index contributed by atoms with van der Waals surface area (Å²) in [5.41, 5.74) is -0.138. The first kappa shape index (κ1) is 14.9. The van der Waals surface area contributed by atoms with Gasteiger partial charge in [-0.05, 0) is 27.2 Å². The molecule has 0 amide bonds. The molecule has 3 heteroatoms. The van der Waals surface area contributed by atoms with E-state index in [-0.39, 0.29) is 17.6 Å². The van der Waals surface area contributed by atoms with E-state index in [0.717, 1.165) is 13.0 Å². The van der Waals surface area contributed by atoms with Crippen LogP contribution in [0.3, 0.4) is 0 Å². The van der Waals surface area contributed by atoms with E-state index in [2.05, 4.69) is 26.1 Å². The van der Waals surface area contributed by atoms with E-state index in [1.807, 2.05) is 13.8 Å². The molecule has 3 nitrogen and oxygen atoms in total. The Hall–Kier alpha value is -0.120. The fourth-order valence-corrected chi connectivity index (χ4v) is 1.40. The Morgan fingerprint density at radius 2 is 1.80 bits per heavy atom. The van der Waals surface area contributed by atoms with E-state index in [1.165, 1.54) is 0 Å². The van der Waals surface area contributed by atoms with Crippen molar-refractivity contribution in [3.63, 3.8) is 0 Å². The summed E-state index contributed by atoms with van der Waals surface area (Å²) in [6.45, 7) is 11.5. The van der Waals surface area contributed by atoms with Crippen LogP contribution >= 0.6 is 0 Å². The van der Waals surface area contributed by atoms with Crippen molar-refractivity contribution in [2.24, 2.45) is 5.41 Å². The molecular formula is C12H27NO2. The number of methoxy groups -OCH3 is 1. The third-order valence-electron chi connectivity index (χ3n) is 2.71. The minimum Gasteiger partial charge on any atom is -0.396 e. The summed E-state index contributed by atoms with van der Waals surface area (Å²) < 4.78 is 5.38. The van der Waals surface area contributed by atoms with Crippen molar-refractivity contribution in [3.8, 4) is 0 Å². The lowest BCUT2D eigenvalue weighted by Gasteiger charge is -2.30. The van der Waals surface area contributed by atoms with Crippen molar-refractivity contribution in [2.45, 2.75) is 52.7 Å². The highest BCUT2D eigenvalue weighted by atomic mass is 16.5. The smallest absolute Gasteiger partial charge is 0.0637 e. The molecule has 1 unspecified atom stereocenters. The summed E-state index contributed by atoms with van der Waals surface area (Å²) in [6.07, 6.45) is 0.963. The zero-order chi connectivity index (χ0) is 12.1. The summed E-state index contributed by atoms with van der Waals surface area (Å²) in [4.78, 5) is 0. The van der Waals surface area contributed by atoms with E-state index in [0.29, 0.717) is 6.04 Å². The highest BCUT2D eigenvalue weighted by Gasteiger charge is 2.22. The van der Waals surface area contributed by atoms with Gasteiger partial charge in [0, 0.05) is 31.7 Å². The van der Waals surface area contributed by atoms with Crippen LogP contribution in [0.25, 0.3) is 0 Å². The van der Waals surface area contributed by atoms with Crippen LogP contribution in [0.5, 0.6) is 0 Å². The first-order valence-electron chi connectivity index (χ1n) is 5.62.